The van der Waals surface area contributed by atoms with Crippen molar-refractivity contribution in [3.8, 4) is 11.5 Å². The van der Waals surface area contributed by atoms with Crippen molar-refractivity contribution >= 4 is 0 Å². The normalized spacial score (nSPS) is 12.7. The first-order chi connectivity index (χ1) is 9.63. The molecule has 2 aromatic rings. The van der Waals surface area contributed by atoms with E-state index in [-0.39, 0.29) is 18.4 Å². The maximum Gasteiger partial charge on any atom is 0.417 e. The van der Waals surface area contributed by atoms with Gasteiger partial charge in [-0.05, 0) is 18.2 Å². The van der Waals surface area contributed by atoms with Crippen LogP contribution in [0.25, 0.3) is 11.5 Å². The molecule has 0 saturated heterocycles. The van der Waals surface area contributed by atoms with Gasteiger partial charge in [0.1, 0.15) is 0 Å². The van der Waals surface area contributed by atoms with E-state index in [9.17, 15) is 26.3 Å². The Morgan fingerprint density at radius 3 is 2.19 bits per heavy atom. The van der Waals surface area contributed by atoms with Crippen LogP contribution in [0.4, 0.5) is 26.3 Å². The average Bonchev–Trinajstić information content (AvgIpc) is 2.84. The van der Waals surface area contributed by atoms with E-state index >= 15 is 0 Å². The van der Waals surface area contributed by atoms with Gasteiger partial charge in [0.2, 0.25) is 0 Å². The van der Waals surface area contributed by atoms with Crippen LogP contribution < -0.4 is 5.73 Å². The van der Waals surface area contributed by atoms with Gasteiger partial charge in [0.15, 0.2) is 5.82 Å². The zero-order valence-corrected chi connectivity index (χ0v) is 10.1. The van der Waals surface area contributed by atoms with Crippen LogP contribution in [0.2, 0.25) is 0 Å². The SMILES string of the molecule is NCc1noc(-c2ccc(C(F)(F)F)cc2C(F)(F)F)n1. The van der Waals surface area contributed by atoms with Crippen LogP contribution in [0.15, 0.2) is 22.7 Å². The number of rotatable bonds is 2. The summed E-state index contributed by atoms with van der Waals surface area (Å²) in [4.78, 5) is 3.58. The molecule has 21 heavy (non-hydrogen) atoms. The third kappa shape index (κ3) is 3.15. The number of benzene rings is 1. The van der Waals surface area contributed by atoms with Gasteiger partial charge in [-0.25, -0.2) is 0 Å². The van der Waals surface area contributed by atoms with Crippen LogP contribution in [-0.4, -0.2) is 10.1 Å². The summed E-state index contributed by atoms with van der Waals surface area (Å²) in [6, 6.07) is 1.15. The summed E-state index contributed by atoms with van der Waals surface area (Å²) in [6.45, 7) is -0.175. The number of aromatic nitrogens is 2. The van der Waals surface area contributed by atoms with E-state index in [1.54, 1.807) is 0 Å². The van der Waals surface area contributed by atoms with E-state index in [1.165, 1.54) is 0 Å². The molecule has 0 aliphatic rings. The lowest BCUT2D eigenvalue weighted by atomic mass is 10.0. The van der Waals surface area contributed by atoms with Crippen molar-refractivity contribution < 1.29 is 30.9 Å². The second kappa shape index (κ2) is 5.02. The predicted octanol–water partition coefficient (Wildman–Crippen LogP) is 3.23. The van der Waals surface area contributed by atoms with E-state index in [0.717, 1.165) is 0 Å². The highest BCUT2D eigenvalue weighted by atomic mass is 19.4. The molecule has 0 unspecified atom stereocenters. The Morgan fingerprint density at radius 1 is 1.05 bits per heavy atom. The molecule has 2 rings (SSSR count). The minimum Gasteiger partial charge on any atom is -0.334 e. The maximum absolute atomic E-state index is 12.9. The van der Waals surface area contributed by atoms with Gasteiger partial charge in [-0.1, -0.05) is 5.16 Å². The summed E-state index contributed by atoms with van der Waals surface area (Å²) in [6.07, 6.45) is -9.90. The molecule has 10 heteroatoms. The van der Waals surface area contributed by atoms with Gasteiger partial charge in [0.05, 0.1) is 23.2 Å². The third-order valence-electron chi connectivity index (χ3n) is 2.53. The summed E-state index contributed by atoms with van der Waals surface area (Å²) in [5.41, 5.74) is 1.62. The highest BCUT2D eigenvalue weighted by Crippen LogP contribution is 2.40. The molecule has 0 fully saturated rings. The van der Waals surface area contributed by atoms with Crippen molar-refractivity contribution in [1.82, 2.24) is 10.1 Å². The number of alkyl halides is 6. The van der Waals surface area contributed by atoms with Crippen LogP contribution in [0.5, 0.6) is 0 Å². The molecule has 2 N–H and O–H groups in total. The molecule has 1 heterocycles. The molecule has 114 valence electrons. The first-order valence-corrected chi connectivity index (χ1v) is 5.44. The lowest BCUT2D eigenvalue weighted by Gasteiger charge is -2.13. The topological polar surface area (TPSA) is 64.9 Å². The minimum absolute atomic E-state index is 0.00164. The number of halogens is 6. The van der Waals surface area contributed by atoms with Crippen molar-refractivity contribution in [3.63, 3.8) is 0 Å². The number of nitrogens with zero attached hydrogens (tertiary/aromatic N) is 2. The summed E-state index contributed by atoms with van der Waals surface area (Å²) in [5, 5.41) is 3.30. The molecule has 0 amide bonds. The second-order valence-corrected chi connectivity index (χ2v) is 3.98. The van der Waals surface area contributed by atoms with Crippen LogP contribution >= 0.6 is 0 Å². The van der Waals surface area contributed by atoms with Crippen LogP contribution in [0, 0.1) is 0 Å². The highest BCUT2D eigenvalue weighted by Gasteiger charge is 2.39. The molecule has 1 aromatic carbocycles. The van der Waals surface area contributed by atoms with Crippen molar-refractivity contribution in [2.45, 2.75) is 18.9 Å². The van der Waals surface area contributed by atoms with E-state index in [2.05, 4.69) is 14.7 Å². The van der Waals surface area contributed by atoms with E-state index in [0.29, 0.717) is 12.1 Å². The molecule has 0 bridgehead atoms. The fraction of sp³-hybridized carbons (Fsp3) is 0.273. The zero-order valence-electron chi connectivity index (χ0n) is 10.1. The Bertz CT molecular complexity index is 646. The van der Waals surface area contributed by atoms with Crippen molar-refractivity contribution in [1.29, 1.82) is 0 Å². The monoisotopic (exact) mass is 311 g/mol. The molecule has 0 saturated carbocycles. The van der Waals surface area contributed by atoms with Crippen molar-refractivity contribution in [3.05, 3.63) is 35.2 Å². The number of hydrogen-bond acceptors (Lipinski definition) is 4. The van der Waals surface area contributed by atoms with Crippen molar-refractivity contribution in [2.24, 2.45) is 5.73 Å². The standard InChI is InChI=1S/C11H7F6N3O/c12-10(13,14)5-1-2-6(7(3-5)11(15,16)17)9-19-8(4-18)20-21-9/h1-3H,4,18H2. The lowest BCUT2D eigenvalue weighted by molar-refractivity contribution is -0.142. The Labute approximate surface area is 113 Å². The fourth-order valence-corrected chi connectivity index (χ4v) is 1.59. The summed E-state index contributed by atoms with van der Waals surface area (Å²) < 4.78 is 80.8. The number of hydrogen-bond donors (Lipinski definition) is 1. The van der Waals surface area contributed by atoms with Gasteiger partial charge in [0, 0.05) is 0 Å². The fourth-order valence-electron chi connectivity index (χ4n) is 1.59. The van der Waals surface area contributed by atoms with E-state index in [4.69, 9.17) is 5.73 Å². The highest BCUT2D eigenvalue weighted by molar-refractivity contribution is 5.60. The zero-order chi connectivity index (χ0) is 15.8. The van der Waals surface area contributed by atoms with Crippen LogP contribution in [0.1, 0.15) is 17.0 Å². The largest absolute Gasteiger partial charge is 0.417 e. The van der Waals surface area contributed by atoms with Gasteiger partial charge in [-0.15, -0.1) is 0 Å². The Kier molecular flexibility index (Phi) is 3.66. The average molecular weight is 311 g/mol. The van der Waals surface area contributed by atoms with E-state index in [1.807, 2.05) is 0 Å². The van der Waals surface area contributed by atoms with Crippen molar-refractivity contribution in [2.75, 3.05) is 0 Å². The van der Waals surface area contributed by atoms with Gasteiger partial charge in [0.25, 0.3) is 5.89 Å². The van der Waals surface area contributed by atoms with Gasteiger partial charge in [-0.2, -0.15) is 31.3 Å². The van der Waals surface area contributed by atoms with Crippen LogP contribution in [0.3, 0.4) is 0 Å². The van der Waals surface area contributed by atoms with Gasteiger partial charge < -0.3 is 10.3 Å². The molecule has 0 spiro atoms. The molecule has 1 aromatic heterocycles. The Hall–Kier alpha value is -2.10. The van der Waals surface area contributed by atoms with E-state index < -0.39 is 34.9 Å². The molecule has 4 nitrogen and oxygen atoms in total. The minimum atomic E-state index is -5.01. The second-order valence-electron chi connectivity index (χ2n) is 3.98. The first-order valence-electron chi connectivity index (χ1n) is 5.44. The van der Waals surface area contributed by atoms with Crippen LogP contribution in [-0.2, 0) is 18.9 Å². The molecule has 0 atom stereocenters. The third-order valence-corrected chi connectivity index (χ3v) is 2.53. The Morgan fingerprint density at radius 2 is 1.71 bits per heavy atom. The lowest BCUT2D eigenvalue weighted by Crippen LogP contribution is -2.12. The van der Waals surface area contributed by atoms with Gasteiger partial charge >= 0.3 is 12.4 Å². The molecular weight excluding hydrogens is 304 g/mol. The predicted molar refractivity (Wildman–Crippen MR) is 57.6 cm³/mol. The summed E-state index contributed by atoms with van der Waals surface area (Å²) in [5.74, 6) is -0.602. The molecule has 0 radical (unpaired) electrons. The Balaban J connectivity index is 2.60. The quantitative estimate of drug-likeness (QED) is 0.865. The van der Waals surface area contributed by atoms with Gasteiger partial charge in [-0.3, -0.25) is 0 Å². The summed E-state index contributed by atoms with van der Waals surface area (Å²) >= 11 is 0. The number of nitrogens with two attached hydrogens (primary N) is 1. The maximum atomic E-state index is 12.9. The first kappa shape index (κ1) is 15.3. The molecule has 0 aliphatic heterocycles. The molecular formula is C11H7F6N3O. The smallest absolute Gasteiger partial charge is 0.334 e. The molecule has 0 aliphatic carbocycles. The summed E-state index contributed by atoms with van der Waals surface area (Å²) in [7, 11) is 0.